The highest BCUT2D eigenvalue weighted by Gasteiger charge is 2.55. The zero-order valence-electron chi connectivity index (χ0n) is 19.1. The number of amides is 2. The molecule has 3 N–H and O–H groups in total. The van der Waals surface area contributed by atoms with Crippen molar-refractivity contribution in [2.75, 3.05) is 7.11 Å². The number of hydrogen-bond acceptors (Lipinski definition) is 5. The van der Waals surface area contributed by atoms with Gasteiger partial charge in [0.1, 0.15) is 5.69 Å². The van der Waals surface area contributed by atoms with E-state index >= 15 is 0 Å². The smallest absolute Gasteiger partial charge is 0.272 e. The van der Waals surface area contributed by atoms with Gasteiger partial charge in [-0.15, -0.1) is 0 Å². The number of primary amides is 1. The molecule has 2 bridgehead atoms. The molecule has 2 aromatic heterocycles. The third-order valence-electron chi connectivity index (χ3n) is 7.17. The zero-order valence-corrected chi connectivity index (χ0v) is 19.9. The lowest BCUT2D eigenvalue weighted by atomic mass is 9.77. The molecule has 0 unspecified atom stereocenters. The summed E-state index contributed by atoms with van der Waals surface area (Å²) in [5, 5.41) is 7.57. The monoisotopic (exact) mass is 497 g/mol. The lowest BCUT2D eigenvalue weighted by Crippen LogP contribution is -2.58. The summed E-state index contributed by atoms with van der Waals surface area (Å²) >= 11 is 6.22. The third kappa shape index (κ3) is 4.25. The van der Waals surface area contributed by atoms with E-state index < -0.39 is 11.4 Å². The maximum absolute atomic E-state index is 14.4. The van der Waals surface area contributed by atoms with Gasteiger partial charge in [-0.1, -0.05) is 23.7 Å². The number of hydrogen-bond donors (Lipinski definition) is 2. The Kier molecular flexibility index (Phi) is 5.96. The summed E-state index contributed by atoms with van der Waals surface area (Å²) in [6, 6.07) is 10.4. The number of carbonyl (C=O) groups is 2. The lowest BCUT2D eigenvalue weighted by Gasteiger charge is -2.47. The van der Waals surface area contributed by atoms with E-state index in [0.717, 1.165) is 24.6 Å². The fourth-order valence-corrected chi connectivity index (χ4v) is 5.88. The van der Waals surface area contributed by atoms with Gasteiger partial charge in [0, 0.05) is 34.2 Å². The zero-order chi connectivity index (χ0) is 24.7. The number of H-pyrrole nitrogens is 1. The molecule has 0 spiro atoms. The quantitative estimate of drug-likeness (QED) is 0.538. The van der Waals surface area contributed by atoms with Crippen molar-refractivity contribution in [2.24, 2.45) is 11.7 Å². The number of nitrogens with one attached hydrogen (secondary N) is 1. The number of ether oxygens (including phenoxy) is 1. The second-order valence-corrected chi connectivity index (χ2v) is 9.75. The number of nitrogens with two attached hydrogens (primary N) is 1. The van der Waals surface area contributed by atoms with Crippen molar-refractivity contribution in [3.63, 3.8) is 0 Å². The fraction of sp³-hybridized carbons (Fsp3) is 0.360. The number of aromatic amines is 1. The van der Waals surface area contributed by atoms with Crippen molar-refractivity contribution < 1.29 is 18.7 Å². The molecule has 2 fully saturated rings. The second-order valence-electron chi connectivity index (χ2n) is 9.31. The normalized spacial score (nSPS) is 23.3. The topological polar surface area (TPSA) is 114 Å². The maximum Gasteiger partial charge on any atom is 0.272 e. The molecule has 0 radical (unpaired) electrons. The Morgan fingerprint density at radius 3 is 2.91 bits per heavy atom. The average molecular weight is 498 g/mol. The number of fused-ring (bicyclic) bond motifs is 2. The Morgan fingerprint density at radius 2 is 2.17 bits per heavy atom. The molecule has 182 valence electrons. The van der Waals surface area contributed by atoms with E-state index in [4.69, 9.17) is 22.1 Å². The molecule has 2 aliphatic heterocycles. The number of aromatic nitrogens is 3. The van der Waals surface area contributed by atoms with Crippen LogP contribution in [0, 0.1) is 11.7 Å². The molecule has 2 saturated heterocycles. The Balaban J connectivity index is 1.49. The Morgan fingerprint density at radius 1 is 1.34 bits per heavy atom. The molecule has 0 aliphatic carbocycles. The minimum Gasteiger partial charge on any atom is -0.481 e. The van der Waals surface area contributed by atoms with E-state index in [1.165, 1.54) is 19.2 Å². The van der Waals surface area contributed by atoms with E-state index in [2.05, 4.69) is 15.2 Å². The van der Waals surface area contributed by atoms with Crippen molar-refractivity contribution in [3.8, 4) is 17.1 Å². The highest BCUT2D eigenvalue weighted by Crippen LogP contribution is 2.49. The van der Waals surface area contributed by atoms with E-state index in [0.29, 0.717) is 24.3 Å². The molecule has 8 nitrogen and oxygen atoms in total. The van der Waals surface area contributed by atoms with Crippen LogP contribution in [0.1, 0.15) is 41.7 Å². The third-order valence-corrected chi connectivity index (χ3v) is 7.40. The Bertz CT molecular complexity index is 1300. The summed E-state index contributed by atoms with van der Waals surface area (Å²) in [6.45, 7) is 0. The molecule has 35 heavy (non-hydrogen) atoms. The minimum absolute atomic E-state index is 0.127. The molecule has 3 atom stereocenters. The molecule has 10 heteroatoms. The Labute approximate surface area is 206 Å². The molecule has 3 aromatic rings. The van der Waals surface area contributed by atoms with Crippen LogP contribution in [0.3, 0.4) is 0 Å². The summed E-state index contributed by atoms with van der Waals surface area (Å²) < 4.78 is 19.5. The van der Waals surface area contributed by atoms with Crippen LogP contribution in [0.4, 0.5) is 4.39 Å². The SMILES string of the molecule is COc1cc(-c2cc(C(=O)N3[C@H]4CC[C@]3(Cc3cccc(Cl)c3)C[C@@H](C(N)=O)C4)[nH]n2)c(F)cn1. The van der Waals surface area contributed by atoms with Gasteiger partial charge in [0.2, 0.25) is 11.8 Å². The van der Waals surface area contributed by atoms with Crippen LogP contribution in [0.15, 0.2) is 42.6 Å². The summed E-state index contributed by atoms with van der Waals surface area (Å²) in [6.07, 6.45) is 4.13. The number of pyridine rings is 1. The molecule has 2 amide bonds. The standard InChI is InChI=1S/C25H25ClFN5O3/c1-35-22-9-18(19(27)13-29-22)20-10-21(31-30-20)24(34)32-17-5-6-25(32,12-15(8-17)23(28)33)11-14-3-2-4-16(26)7-14/h2-4,7,9-10,13,15,17H,5-6,8,11-12H2,1H3,(H2,28,33)(H,30,31)/t15-,17-,25-/m0/s1. The van der Waals surface area contributed by atoms with Crippen LogP contribution in [-0.4, -0.2) is 50.6 Å². The van der Waals surface area contributed by atoms with Gasteiger partial charge < -0.3 is 15.4 Å². The van der Waals surface area contributed by atoms with Crippen LogP contribution in [0.5, 0.6) is 5.88 Å². The highest BCUT2D eigenvalue weighted by atomic mass is 35.5. The van der Waals surface area contributed by atoms with E-state index in [9.17, 15) is 14.0 Å². The van der Waals surface area contributed by atoms with Crippen LogP contribution in [-0.2, 0) is 11.2 Å². The first-order valence-corrected chi connectivity index (χ1v) is 11.8. The second kappa shape index (κ2) is 8.96. The number of rotatable bonds is 6. The van der Waals surface area contributed by atoms with Crippen molar-refractivity contribution >= 4 is 23.4 Å². The van der Waals surface area contributed by atoms with Crippen molar-refractivity contribution in [3.05, 3.63) is 64.7 Å². The molecular weight excluding hydrogens is 473 g/mol. The van der Waals surface area contributed by atoms with Gasteiger partial charge in [-0.3, -0.25) is 14.7 Å². The van der Waals surface area contributed by atoms with Crippen molar-refractivity contribution in [1.82, 2.24) is 20.1 Å². The molecule has 0 saturated carbocycles. The van der Waals surface area contributed by atoms with Gasteiger partial charge in [0.15, 0.2) is 5.82 Å². The summed E-state index contributed by atoms with van der Waals surface area (Å²) in [4.78, 5) is 31.7. The van der Waals surface area contributed by atoms with Crippen LogP contribution >= 0.6 is 11.6 Å². The van der Waals surface area contributed by atoms with E-state index in [1.54, 1.807) is 6.07 Å². The van der Waals surface area contributed by atoms with E-state index in [1.807, 2.05) is 23.1 Å². The molecule has 1 aromatic carbocycles. The van der Waals surface area contributed by atoms with Gasteiger partial charge in [0.25, 0.3) is 5.91 Å². The average Bonchev–Trinajstić information content (AvgIpc) is 3.40. The first-order chi connectivity index (χ1) is 16.8. The number of piperidine rings is 1. The predicted octanol–water partition coefficient (Wildman–Crippen LogP) is 3.75. The van der Waals surface area contributed by atoms with Crippen molar-refractivity contribution in [1.29, 1.82) is 0 Å². The Hall–Kier alpha value is -3.46. The molecule has 5 rings (SSSR count). The highest BCUT2D eigenvalue weighted by molar-refractivity contribution is 6.30. The lowest BCUT2D eigenvalue weighted by molar-refractivity contribution is -0.125. The maximum atomic E-state index is 14.4. The summed E-state index contributed by atoms with van der Waals surface area (Å²) in [7, 11) is 1.44. The van der Waals surface area contributed by atoms with Gasteiger partial charge in [-0.2, -0.15) is 5.10 Å². The van der Waals surface area contributed by atoms with Crippen LogP contribution in [0.2, 0.25) is 5.02 Å². The number of halogens is 2. The number of nitrogens with zero attached hydrogens (tertiary/aromatic N) is 3. The van der Waals surface area contributed by atoms with Gasteiger partial charge in [0.05, 0.1) is 19.0 Å². The molecule has 4 heterocycles. The first kappa shape index (κ1) is 23.3. The van der Waals surface area contributed by atoms with Crippen molar-refractivity contribution in [2.45, 2.75) is 43.7 Å². The number of benzene rings is 1. The van der Waals surface area contributed by atoms with Crippen LogP contribution in [0.25, 0.3) is 11.3 Å². The van der Waals surface area contributed by atoms with Gasteiger partial charge >= 0.3 is 0 Å². The summed E-state index contributed by atoms with van der Waals surface area (Å²) in [5.41, 5.74) is 6.80. The summed E-state index contributed by atoms with van der Waals surface area (Å²) in [5.74, 6) is -1.22. The molecular formula is C25H25ClFN5O3. The van der Waals surface area contributed by atoms with Gasteiger partial charge in [-0.05, 0) is 55.9 Å². The van der Waals surface area contributed by atoms with E-state index in [-0.39, 0.29) is 46.6 Å². The predicted molar refractivity (Wildman–Crippen MR) is 127 cm³/mol. The molecule has 2 aliphatic rings. The van der Waals surface area contributed by atoms with Gasteiger partial charge in [-0.25, -0.2) is 9.37 Å². The number of methoxy groups -OCH3 is 1. The first-order valence-electron chi connectivity index (χ1n) is 11.4. The minimum atomic E-state index is -0.583. The fourth-order valence-electron chi connectivity index (χ4n) is 5.66. The largest absolute Gasteiger partial charge is 0.481 e. The van der Waals surface area contributed by atoms with Crippen LogP contribution < -0.4 is 10.5 Å². The number of carbonyl (C=O) groups excluding carboxylic acids is 2.